The topological polar surface area (TPSA) is 26.0 Å². The minimum atomic E-state index is -1.26. The predicted molar refractivity (Wildman–Crippen MR) is 55.2 cm³/mol. The van der Waals surface area contributed by atoms with Gasteiger partial charge in [0, 0.05) is 0 Å². The second-order valence-corrected chi connectivity index (χ2v) is 8.64. The van der Waals surface area contributed by atoms with Crippen LogP contribution in [0.5, 0.6) is 0 Å². The van der Waals surface area contributed by atoms with E-state index in [1.54, 1.807) is 0 Å². The zero-order chi connectivity index (χ0) is 8.91. The Kier molecular flexibility index (Phi) is 5.02. The summed E-state index contributed by atoms with van der Waals surface area (Å²) >= 11 is 0. The van der Waals surface area contributed by atoms with Crippen LogP contribution < -0.4 is 5.40 Å². The van der Waals surface area contributed by atoms with Gasteiger partial charge in [0.25, 0.3) is 0 Å². The highest BCUT2D eigenvalue weighted by molar-refractivity contribution is 6.76. The Morgan fingerprint density at radius 2 is 1.64 bits per heavy atom. The highest BCUT2D eigenvalue weighted by Gasteiger charge is 2.23. The molecule has 2 heteroatoms. The molecule has 0 rings (SSSR count). The van der Waals surface area contributed by atoms with Crippen LogP contribution in [0, 0.1) is 5.92 Å². The fourth-order valence-corrected chi connectivity index (χ4v) is 3.54. The Morgan fingerprint density at radius 1 is 1.18 bits per heavy atom. The highest BCUT2D eigenvalue weighted by atomic mass is 28.3. The van der Waals surface area contributed by atoms with Crippen molar-refractivity contribution in [3.05, 3.63) is 0 Å². The molecular weight excluding hydrogens is 150 g/mol. The Bertz CT molecular complexity index is 97.7. The molecule has 0 aromatic rings. The normalized spacial score (nSPS) is 12.5. The second-order valence-electron chi connectivity index (χ2n) is 4.00. The molecule has 0 saturated carbocycles. The Balaban J connectivity index is 3.69. The van der Waals surface area contributed by atoms with Crippen molar-refractivity contribution < 1.29 is 0 Å². The summed E-state index contributed by atoms with van der Waals surface area (Å²) in [6.07, 6.45) is 1.32. The monoisotopic (exact) mass is 173 g/mol. The molecule has 2 N–H and O–H groups in total. The van der Waals surface area contributed by atoms with Crippen molar-refractivity contribution in [2.45, 2.75) is 52.2 Å². The van der Waals surface area contributed by atoms with E-state index >= 15 is 0 Å². The van der Waals surface area contributed by atoms with Crippen LogP contribution in [-0.4, -0.2) is 8.24 Å². The summed E-state index contributed by atoms with van der Waals surface area (Å²) in [6.45, 7) is 9.05. The lowest BCUT2D eigenvalue weighted by molar-refractivity contribution is 0.617. The van der Waals surface area contributed by atoms with Gasteiger partial charge in [0.05, 0.1) is 0 Å². The van der Waals surface area contributed by atoms with Crippen LogP contribution >= 0.6 is 0 Å². The summed E-state index contributed by atoms with van der Waals surface area (Å²) in [4.78, 5) is 0. The van der Waals surface area contributed by atoms with Gasteiger partial charge in [-0.2, -0.15) is 0 Å². The molecule has 0 aliphatic rings. The highest BCUT2D eigenvalue weighted by Crippen LogP contribution is 2.18. The second kappa shape index (κ2) is 4.94. The third-order valence-electron chi connectivity index (χ3n) is 2.63. The van der Waals surface area contributed by atoms with E-state index in [-0.39, 0.29) is 0 Å². The van der Waals surface area contributed by atoms with E-state index in [0.29, 0.717) is 0 Å². The van der Waals surface area contributed by atoms with Crippen LogP contribution in [0.1, 0.15) is 34.1 Å². The maximum absolute atomic E-state index is 6.28. The standard InChI is InChI=1S/C9H23NSi/c1-5-11(10,6-2)8-7-9(3)4/h9H,5-8,10H2,1-4H3. The summed E-state index contributed by atoms with van der Waals surface area (Å²) in [7, 11) is -1.26. The van der Waals surface area contributed by atoms with E-state index in [0.717, 1.165) is 5.92 Å². The Morgan fingerprint density at radius 3 is 1.91 bits per heavy atom. The van der Waals surface area contributed by atoms with Crippen molar-refractivity contribution in [2.24, 2.45) is 11.3 Å². The maximum atomic E-state index is 6.28. The fourth-order valence-electron chi connectivity index (χ4n) is 1.18. The first-order chi connectivity index (χ1) is 5.04. The van der Waals surface area contributed by atoms with Gasteiger partial charge in [0.1, 0.15) is 8.24 Å². The van der Waals surface area contributed by atoms with Gasteiger partial charge < -0.3 is 5.40 Å². The molecule has 0 fully saturated rings. The molecule has 0 aromatic carbocycles. The van der Waals surface area contributed by atoms with Gasteiger partial charge in [0.15, 0.2) is 0 Å². The number of hydrogen-bond acceptors (Lipinski definition) is 1. The molecule has 68 valence electrons. The van der Waals surface area contributed by atoms with Gasteiger partial charge in [-0.25, -0.2) is 0 Å². The van der Waals surface area contributed by atoms with Gasteiger partial charge in [0.2, 0.25) is 0 Å². The lowest BCUT2D eigenvalue weighted by Gasteiger charge is -2.24. The summed E-state index contributed by atoms with van der Waals surface area (Å²) in [5.41, 5.74) is 0. The molecule has 0 bridgehead atoms. The minimum Gasteiger partial charge on any atom is -0.351 e. The molecule has 0 heterocycles. The lowest BCUT2D eigenvalue weighted by atomic mass is 10.2. The summed E-state index contributed by atoms with van der Waals surface area (Å²) in [6, 6.07) is 3.81. The van der Waals surface area contributed by atoms with Crippen molar-refractivity contribution in [1.29, 1.82) is 0 Å². The predicted octanol–water partition coefficient (Wildman–Crippen LogP) is 2.98. The molecular formula is C9H23NSi. The molecule has 11 heavy (non-hydrogen) atoms. The largest absolute Gasteiger partial charge is 0.351 e. The molecule has 1 nitrogen and oxygen atoms in total. The summed E-state index contributed by atoms with van der Waals surface area (Å²) < 4.78 is 0. The van der Waals surface area contributed by atoms with Gasteiger partial charge in [-0.05, 0) is 24.1 Å². The van der Waals surface area contributed by atoms with Crippen LogP contribution in [0.3, 0.4) is 0 Å². The van der Waals surface area contributed by atoms with Crippen molar-refractivity contribution in [1.82, 2.24) is 0 Å². The van der Waals surface area contributed by atoms with E-state index in [9.17, 15) is 0 Å². The summed E-state index contributed by atoms with van der Waals surface area (Å²) in [5, 5.41) is 6.28. The summed E-state index contributed by atoms with van der Waals surface area (Å²) in [5.74, 6) is 0.823. The van der Waals surface area contributed by atoms with E-state index in [2.05, 4.69) is 27.7 Å². The van der Waals surface area contributed by atoms with Gasteiger partial charge in [-0.15, -0.1) is 0 Å². The fraction of sp³-hybridized carbons (Fsp3) is 1.00. The zero-order valence-electron chi connectivity index (χ0n) is 8.48. The maximum Gasteiger partial charge on any atom is 0.122 e. The molecule has 0 aliphatic heterocycles. The first kappa shape index (κ1) is 11.2. The van der Waals surface area contributed by atoms with Crippen molar-refractivity contribution in [3.63, 3.8) is 0 Å². The number of rotatable bonds is 5. The molecule has 0 spiro atoms. The van der Waals surface area contributed by atoms with Gasteiger partial charge in [-0.1, -0.05) is 34.1 Å². The zero-order valence-corrected chi connectivity index (χ0v) is 9.48. The molecule has 0 radical (unpaired) electrons. The van der Waals surface area contributed by atoms with Crippen LogP contribution in [0.15, 0.2) is 0 Å². The first-order valence-electron chi connectivity index (χ1n) is 4.83. The molecule has 0 aromatic heterocycles. The third-order valence-corrected chi connectivity index (χ3v) is 6.73. The van der Waals surface area contributed by atoms with Crippen LogP contribution in [0.4, 0.5) is 0 Å². The Labute approximate surface area is 72.5 Å². The quantitative estimate of drug-likeness (QED) is 0.636. The van der Waals surface area contributed by atoms with E-state index < -0.39 is 8.24 Å². The smallest absolute Gasteiger partial charge is 0.122 e. The van der Waals surface area contributed by atoms with Crippen molar-refractivity contribution in [2.75, 3.05) is 0 Å². The van der Waals surface area contributed by atoms with E-state index in [4.69, 9.17) is 5.40 Å². The van der Waals surface area contributed by atoms with Crippen molar-refractivity contribution >= 4 is 8.24 Å². The van der Waals surface area contributed by atoms with Crippen LogP contribution in [-0.2, 0) is 0 Å². The average molecular weight is 173 g/mol. The minimum absolute atomic E-state index is 0.823. The van der Waals surface area contributed by atoms with Crippen LogP contribution in [0.2, 0.25) is 18.1 Å². The van der Waals surface area contributed by atoms with E-state index in [1.807, 2.05) is 0 Å². The van der Waals surface area contributed by atoms with Gasteiger partial charge in [-0.3, -0.25) is 0 Å². The lowest BCUT2D eigenvalue weighted by Crippen LogP contribution is -2.43. The molecule has 0 aliphatic carbocycles. The average Bonchev–Trinajstić information content (AvgIpc) is 2.00. The first-order valence-corrected chi connectivity index (χ1v) is 7.53. The van der Waals surface area contributed by atoms with Crippen LogP contribution in [0.25, 0.3) is 0 Å². The number of hydrogen-bond donors (Lipinski definition) is 1. The Hall–Kier alpha value is 0.177. The molecule has 0 amide bonds. The molecule has 0 atom stereocenters. The van der Waals surface area contributed by atoms with Gasteiger partial charge >= 0.3 is 0 Å². The SMILES string of the molecule is CC[Si](N)(CC)CCC(C)C. The molecule has 0 saturated heterocycles. The number of nitrogens with two attached hydrogens (primary N) is 1. The molecule has 0 unspecified atom stereocenters. The van der Waals surface area contributed by atoms with Crippen molar-refractivity contribution in [3.8, 4) is 0 Å². The van der Waals surface area contributed by atoms with E-state index in [1.165, 1.54) is 24.6 Å². The third kappa shape index (κ3) is 4.59.